The number of nitrogens with one attached hydrogen (secondary N) is 1. The summed E-state index contributed by atoms with van der Waals surface area (Å²) >= 11 is 0. The number of amides is 1. The van der Waals surface area contributed by atoms with Crippen LogP contribution < -0.4 is 5.32 Å². The van der Waals surface area contributed by atoms with Crippen molar-refractivity contribution in [2.45, 2.75) is 13.3 Å². The summed E-state index contributed by atoms with van der Waals surface area (Å²) < 4.78 is 0. The van der Waals surface area contributed by atoms with Gasteiger partial charge in [0.2, 0.25) is 5.91 Å². The standard InChI is InChI=1S/C5H13N.C4H7NO.HNO3/c1-4-5-6(2)3;1-3-4(6)5-2;2-1(3)4/h4-5H2,1-3H3;3H,1H2,2H3,(H,5,6);(H,2,3,4). The Morgan fingerprint density at radius 2 is 2.00 bits per heavy atom. The molecule has 0 heterocycles. The molecule has 0 aliphatic heterocycles. The molecule has 0 bridgehead atoms. The summed E-state index contributed by atoms with van der Waals surface area (Å²) in [5.41, 5.74) is 0. The number of carbonyl (C=O) groups excluding carboxylic acids is 1. The van der Waals surface area contributed by atoms with E-state index in [1.165, 1.54) is 19.0 Å². The first kappa shape index (κ1) is 19.9. The molecule has 0 radical (unpaired) electrons. The van der Waals surface area contributed by atoms with Crippen LogP contribution in [-0.2, 0) is 4.79 Å². The van der Waals surface area contributed by atoms with Gasteiger partial charge in [-0.05, 0) is 33.1 Å². The van der Waals surface area contributed by atoms with Gasteiger partial charge in [0.1, 0.15) is 0 Å². The summed E-state index contributed by atoms with van der Waals surface area (Å²) in [5.74, 6) is -0.144. The Balaban J connectivity index is -0.000000162. The van der Waals surface area contributed by atoms with Crippen LogP contribution in [0.2, 0.25) is 0 Å². The lowest BCUT2D eigenvalue weighted by atomic mass is 10.5. The minimum Gasteiger partial charge on any atom is -0.356 e. The van der Waals surface area contributed by atoms with E-state index in [4.69, 9.17) is 15.3 Å². The van der Waals surface area contributed by atoms with Crippen molar-refractivity contribution in [2.24, 2.45) is 0 Å². The highest BCUT2D eigenvalue weighted by atomic mass is 16.9. The number of likely N-dealkylation sites (N-methyl/N-ethyl adjacent to an activating group) is 1. The number of nitrogens with zero attached hydrogens (tertiary/aromatic N) is 2. The molecule has 0 saturated carbocycles. The van der Waals surface area contributed by atoms with Gasteiger partial charge >= 0.3 is 0 Å². The predicted octanol–water partition coefficient (Wildman–Crippen LogP) is 0.529. The largest absolute Gasteiger partial charge is 0.356 e. The molecule has 0 fully saturated rings. The second-order valence-electron chi connectivity index (χ2n) is 2.86. The molecule has 0 aromatic heterocycles. The Morgan fingerprint density at radius 1 is 1.62 bits per heavy atom. The highest BCUT2D eigenvalue weighted by molar-refractivity contribution is 5.86. The van der Waals surface area contributed by atoms with Crippen LogP contribution in [0.3, 0.4) is 0 Å². The van der Waals surface area contributed by atoms with Crippen molar-refractivity contribution < 1.29 is 15.1 Å². The molecule has 0 rings (SSSR count). The molecule has 0 aliphatic rings. The molecule has 7 nitrogen and oxygen atoms in total. The lowest BCUT2D eigenvalue weighted by Crippen LogP contribution is -2.13. The van der Waals surface area contributed by atoms with Crippen LogP contribution in [0.15, 0.2) is 12.7 Å². The third-order valence-corrected chi connectivity index (χ3v) is 1.10. The van der Waals surface area contributed by atoms with Crippen LogP contribution in [0.4, 0.5) is 0 Å². The maximum absolute atomic E-state index is 9.95. The first-order chi connectivity index (χ1) is 7.31. The zero-order valence-corrected chi connectivity index (χ0v) is 10.3. The van der Waals surface area contributed by atoms with Gasteiger partial charge in [0.25, 0.3) is 5.09 Å². The Labute approximate surface area is 95.9 Å². The number of rotatable bonds is 3. The fraction of sp³-hybridized carbons (Fsp3) is 0.667. The fourth-order valence-corrected chi connectivity index (χ4v) is 0.549. The summed E-state index contributed by atoms with van der Waals surface area (Å²) in [6, 6.07) is 0. The van der Waals surface area contributed by atoms with Crippen LogP contribution in [0.5, 0.6) is 0 Å². The zero-order valence-electron chi connectivity index (χ0n) is 10.3. The van der Waals surface area contributed by atoms with Crippen molar-refractivity contribution in [2.75, 3.05) is 27.7 Å². The molecule has 96 valence electrons. The van der Waals surface area contributed by atoms with Crippen molar-refractivity contribution in [1.82, 2.24) is 10.2 Å². The van der Waals surface area contributed by atoms with Crippen LogP contribution in [0, 0.1) is 10.1 Å². The van der Waals surface area contributed by atoms with E-state index < -0.39 is 5.09 Å². The lowest BCUT2D eigenvalue weighted by molar-refractivity contribution is -0.742. The Hall–Kier alpha value is -1.63. The molecule has 7 heteroatoms. The lowest BCUT2D eigenvalue weighted by Gasteiger charge is -2.03. The molecular formula is C9H21N3O4. The molecule has 0 unspecified atom stereocenters. The summed E-state index contributed by atoms with van der Waals surface area (Å²) in [6.45, 7) is 6.61. The van der Waals surface area contributed by atoms with Crippen molar-refractivity contribution in [3.8, 4) is 0 Å². The van der Waals surface area contributed by atoms with E-state index in [-0.39, 0.29) is 5.91 Å². The highest BCUT2D eigenvalue weighted by Gasteiger charge is 1.79. The molecule has 2 N–H and O–H groups in total. The third kappa shape index (κ3) is 55.5. The number of hydrogen-bond acceptors (Lipinski definition) is 4. The van der Waals surface area contributed by atoms with Crippen LogP contribution in [-0.4, -0.2) is 48.8 Å². The summed E-state index contributed by atoms with van der Waals surface area (Å²) in [7, 11) is 5.73. The van der Waals surface area contributed by atoms with Crippen molar-refractivity contribution in [3.63, 3.8) is 0 Å². The number of hydrogen-bond donors (Lipinski definition) is 2. The van der Waals surface area contributed by atoms with Crippen LogP contribution in [0.1, 0.15) is 13.3 Å². The van der Waals surface area contributed by atoms with Gasteiger partial charge in [-0.2, -0.15) is 0 Å². The van der Waals surface area contributed by atoms with Gasteiger partial charge in [-0.3, -0.25) is 4.79 Å². The average Bonchev–Trinajstić information content (AvgIpc) is 2.16. The van der Waals surface area contributed by atoms with Gasteiger partial charge in [-0.1, -0.05) is 13.5 Å². The van der Waals surface area contributed by atoms with E-state index in [0.29, 0.717) is 0 Å². The molecule has 0 spiro atoms. The van der Waals surface area contributed by atoms with Crippen LogP contribution >= 0.6 is 0 Å². The van der Waals surface area contributed by atoms with Gasteiger partial charge in [-0.15, -0.1) is 10.1 Å². The van der Waals surface area contributed by atoms with E-state index in [1.54, 1.807) is 7.05 Å². The highest BCUT2D eigenvalue weighted by Crippen LogP contribution is 1.76. The Kier molecular flexibility index (Phi) is 19.7. The van der Waals surface area contributed by atoms with Gasteiger partial charge in [0.15, 0.2) is 0 Å². The predicted molar refractivity (Wildman–Crippen MR) is 61.9 cm³/mol. The molecular weight excluding hydrogens is 214 g/mol. The van der Waals surface area contributed by atoms with Crippen molar-refractivity contribution in [1.29, 1.82) is 0 Å². The molecule has 0 aromatic rings. The maximum Gasteiger partial charge on any atom is 0.291 e. The van der Waals surface area contributed by atoms with Gasteiger partial charge in [0, 0.05) is 7.05 Å². The van der Waals surface area contributed by atoms with E-state index in [1.807, 2.05) is 0 Å². The Bertz CT molecular complexity index is 191. The zero-order chi connectivity index (χ0) is 13.6. The number of carbonyl (C=O) groups is 1. The molecule has 16 heavy (non-hydrogen) atoms. The first-order valence-corrected chi connectivity index (χ1v) is 4.63. The second-order valence-corrected chi connectivity index (χ2v) is 2.86. The quantitative estimate of drug-likeness (QED) is 0.422. The monoisotopic (exact) mass is 235 g/mol. The van der Waals surface area contributed by atoms with E-state index >= 15 is 0 Å². The van der Waals surface area contributed by atoms with E-state index in [0.717, 1.165) is 0 Å². The minimum absolute atomic E-state index is 0.144. The smallest absolute Gasteiger partial charge is 0.291 e. The van der Waals surface area contributed by atoms with Gasteiger partial charge < -0.3 is 15.4 Å². The SMILES string of the molecule is C=CC(=O)NC.CCCN(C)C.O=[N+]([O-])O. The van der Waals surface area contributed by atoms with Crippen molar-refractivity contribution >= 4 is 5.91 Å². The molecule has 0 saturated heterocycles. The molecule has 0 aromatic carbocycles. The summed E-state index contributed by atoms with van der Waals surface area (Å²) in [4.78, 5) is 20.5. The topological polar surface area (TPSA) is 95.7 Å². The maximum atomic E-state index is 9.95. The van der Waals surface area contributed by atoms with E-state index in [9.17, 15) is 4.79 Å². The van der Waals surface area contributed by atoms with Crippen LogP contribution in [0.25, 0.3) is 0 Å². The van der Waals surface area contributed by atoms with E-state index in [2.05, 4.69) is 37.8 Å². The fourth-order valence-electron chi connectivity index (χ4n) is 0.549. The molecule has 0 aliphatic carbocycles. The summed E-state index contributed by atoms with van der Waals surface area (Å²) in [6.07, 6.45) is 2.48. The Morgan fingerprint density at radius 3 is 2.00 bits per heavy atom. The average molecular weight is 235 g/mol. The third-order valence-electron chi connectivity index (χ3n) is 1.10. The normalized spacial score (nSPS) is 7.81. The molecule has 1 amide bonds. The molecule has 0 atom stereocenters. The van der Waals surface area contributed by atoms with Crippen molar-refractivity contribution in [3.05, 3.63) is 22.8 Å². The van der Waals surface area contributed by atoms with Gasteiger partial charge in [-0.25, -0.2) is 0 Å². The van der Waals surface area contributed by atoms with Gasteiger partial charge in [0.05, 0.1) is 0 Å². The minimum atomic E-state index is -1.50. The second kappa shape index (κ2) is 15.8. The first-order valence-electron chi connectivity index (χ1n) is 4.63. The summed E-state index contributed by atoms with van der Waals surface area (Å²) in [5, 5.41) is 16.0.